The van der Waals surface area contributed by atoms with Crippen LogP contribution in [-0.4, -0.2) is 19.7 Å². The number of carbonyl (C=O) groups is 1. The molecule has 0 aromatic heterocycles. The van der Waals surface area contributed by atoms with Gasteiger partial charge < -0.3 is 15.4 Å². The van der Waals surface area contributed by atoms with Gasteiger partial charge in [0.1, 0.15) is 5.75 Å². The van der Waals surface area contributed by atoms with Crippen LogP contribution in [0.2, 0.25) is 0 Å². The Kier molecular flexibility index (Phi) is 5.11. The van der Waals surface area contributed by atoms with E-state index in [9.17, 15) is 4.79 Å². The zero-order valence-electron chi connectivity index (χ0n) is 9.34. The number of halogens is 1. The third-order valence-corrected chi connectivity index (χ3v) is 2.65. The number of hydrogen-bond acceptors (Lipinski definition) is 2. The molecule has 0 spiro atoms. The van der Waals surface area contributed by atoms with Crippen LogP contribution in [0.15, 0.2) is 22.7 Å². The van der Waals surface area contributed by atoms with E-state index in [0.29, 0.717) is 18.0 Å². The van der Waals surface area contributed by atoms with Gasteiger partial charge in [0.25, 0.3) is 0 Å². The average Bonchev–Trinajstić information content (AvgIpc) is 2.29. The number of ether oxygens (including phenoxy) is 1. The zero-order valence-corrected chi connectivity index (χ0v) is 10.9. The largest absolute Gasteiger partial charge is 0.497 e. The lowest BCUT2D eigenvalue weighted by Crippen LogP contribution is -2.29. The van der Waals surface area contributed by atoms with Gasteiger partial charge in [-0.05, 0) is 34.5 Å². The van der Waals surface area contributed by atoms with Gasteiger partial charge >= 0.3 is 6.03 Å². The van der Waals surface area contributed by atoms with E-state index >= 15 is 0 Å². The van der Waals surface area contributed by atoms with Crippen LogP contribution < -0.4 is 15.4 Å². The number of benzene rings is 1. The number of methoxy groups -OCH3 is 1. The molecule has 2 N–H and O–H groups in total. The van der Waals surface area contributed by atoms with Crippen LogP contribution in [0.1, 0.15) is 13.3 Å². The van der Waals surface area contributed by atoms with Gasteiger partial charge in [-0.3, -0.25) is 0 Å². The first-order valence-corrected chi connectivity index (χ1v) is 5.85. The van der Waals surface area contributed by atoms with Crippen molar-refractivity contribution in [2.24, 2.45) is 0 Å². The molecule has 2 amide bonds. The lowest BCUT2D eigenvalue weighted by Gasteiger charge is -2.09. The van der Waals surface area contributed by atoms with Crippen molar-refractivity contribution in [1.29, 1.82) is 0 Å². The highest BCUT2D eigenvalue weighted by atomic mass is 79.9. The molecule has 1 rings (SSSR count). The Morgan fingerprint density at radius 1 is 1.50 bits per heavy atom. The molecule has 0 saturated heterocycles. The van der Waals surface area contributed by atoms with Crippen LogP contribution in [0.4, 0.5) is 10.5 Å². The van der Waals surface area contributed by atoms with E-state index in [-0.39, 0.29) is 6.03 Å². The number of rotatable bonds is 4. The highest BCUT2D eigenvalue weighted by Crippen LogP contribution is 2.26. The van der Waals surface area contributed by atoms with Crippen molar-refractivity contribution in [3.8, 4) is 5.75 Å². The number of amides is 2. The van der Waals surface area contributed by atoms with Crippen molar-refractivity contribution in [3.05, 3.63) is 22.7 Å². The third-order valence-electron chi connectivity index (χ3n) is 1.96. The molecule has 88 valence electrons. The van der Waals surface area contributed by atoms with Gasteiger partial charge in [-0.2, -0.15) is 0 Å². The van der Waals surface area contributed by atoms with Crippen LogP contribution in [0.25, 0.3) is 0 Å². The predicted molar refractivity (Wildman–Crippen MR) is 68.0 cm³/mol. The molecule has 4 nitrogen and oxygen atoms in total. The molecular weight excluding hydrogens is 272 g/mol. The maximum absolute atomic E-state index is 11.4. The first-order chi connectivity index (χ1) is 7.67. The van der Waals surface area contributed by atoms with E-state index in [2.05, 4.69) is 26.6 Å². The molecule has 0 radical (unpaired) electrons. The smallest absolute Gasteiger partial charge is 0.319 e. The predicted octanol–water partition coefficient (Wildman–Crippen LogP) is 2.99. The highest BCUT2D eigenvalue weighted by Gasteiger charge is 2.05. The molecule has 16 heavy (non-hydrogen) atoms. The zero-order chi connectivity index (χ0) is 12.0. The summed E-state index contributed by atoms with van der Waals surface area (Å²) in [6.07, 6.45) is 0.909. The van der Waals surface area contributed by atoms with Crippen LogP contribution in [0, 0.1) is 0 Å². The molecule has 0 bridgehead atoms. The molecule has 0 saturated carbocycles. The van der Waals surface area contributed by atoms with Crippen LogP contribution in [0.3, 0.4) is 0 Å². The second kappa shape index (κ2) is 6.37. The minimum Gasteiger partial charge on any atom is -0.497 e. The van der Waals surface area contributed by atoms with Gasteiger partial charge in [0.15, 0.2) is 0 Å². The Labute approximate surface area is 103 Å². The van der Waals surface area contributed by atoms with Gasteiger partial charge in [0.05, 0.1) is 12.8 Å². The molecule has 0 atom stereocenters. The fourth-order valence-electron chi connectivity index (χ4n) is 1.13. The van der Waals surface area contributed by atoms with Crippen LogP contribution in [-0.2, 0) is 0 Å². The Balaban J connectivity index is 2.68. The van der Waals surface area contributed by atoms with Gasteiger partial charge in [-0.25, -0.2) is 4.79 Å². The minimum atomic E-state index is -0.212. The Bertz CT molecular complexity index is 369. The minimum absolute atomic E-state index is 0.212. The molecular formula is C11H15BrN2O2. The lowest BCUT2D eigenvalue weighted by molar-refractivity contribution is 0.252. The first kappa shape index (κ1) is 12.8. The Morgan fingerprint density at radius 2 is 2.25 bits per heavy atom. The number of carbonyl (C=O) groups excluding carboxylic acids is 1. The second-order valence-corrected chi connectivity index (χ2v) is 4.08. The number of hydrogen-bond donors (Lipinski definition) is 2. The monoisotopic (exact) mass is 286 g/mol. The van der Waals surface area contributed by atoms with Gasteiger partial charge in [-0.15, -0.1) is 0 Å². The van der Waals surface area contributed by atoms with Crippen molar-refractivity contribution in [3.63, 3.8) is 0 Å². The molecule has 1 aromatic carbocycles. The first-order valence-electron chi connectivity index (χ1n) is 5.05. The molecule has 0 aliphatic rings. The summed E-state index contributed by atoms with van der Waals surface area (Å²) in [5.74, 6) is 0.703. The quantitative estimate of drug-likeness (QED) is 0.894. The maximum atomic E-state index is 11.4. The van der Waals surface area contributed by atoms with E-state index in [1.807, 2.05) is 19.1 Å². The van der Waals surface area contributed by atoms with Crippen LogP contribution >= 0.6 is 15.9 Å². The normalized spacial score (nSPS) is 9.69. The lowest BCUT2D eigenvalue weighted by atomic mass is 10.3. The standard InChI is InChI=1S/C11H15BrN2O2/c1-3-6-13-11(15)14-10-7-8(16-2)4-5-9(10)12/h4-5,7H,3,6H2,1-2H3,(H2,13,14,15). The average molecular weight is 287 g/mol. The molecule has 1 aromatic rings. The number of urea groups is 1. The van der Waals surface area contributed by atoms with Crippen molar-refractivity contribution in [2.45, 2.75) is 13.3 Å². The molecule has 5 heteroatoms. The second-order valence-electron chi connectivity index (χ2n) is 3.23. The topological polar surface area (TPSA) is 50.4 Å². The Morgan fingerprint density at radius 3 is 2.88 bits per heavy atom. The van der Waals surface area contributed by atoms with Gasteiger partial charge in [0, 0.05) is 17.1 Å². The summed E-state index contributed by atoms with van der Waals surface area (Å²) < 4.78 is 5.90. The Hall–Kier alpha value is -1.23. The third kappa shape index (κ3) is 3.73. The summed E-state index contributed by atoms with van der Waals surface area (Å²) in [6.45, 7) is 2.66. The van der Waals surface area contributed by atoms with E-state index in [4.69, 9.17) is 4.74 Å². The number of anilines is 1. The summed E-state index contributed by atoms with van der Waals surface area (Å²) in [4.78, 5) is 11.4. The van der Waals surface area contributed by atoms with Gasteiger partial charge in [0.2, 0.25) is 0 Å². The van der Waals surface area contributed by atoms with Crippen molar-refractivity contribution >= 4 is 27.6 Å². The summed E-state index contributed by atoms with van der Waals surface area (Å²) in [6, 6.07) is 5.19. The van der Waals surface area contributed by atoms with Crippen molar-refractivity contribution in [2.75, 3.05) is 19.0 Å². The molecule has 0 aliphatic heterocycles. The SMILES string of the molecule is CCCNC(=O)Nc1cc(OC)ccc1Br. The maximum Gasteiger partial charge on any atom is 0.319 e. The van der Waals surface area contributed by atoms with Crippen LogP contribution in [0.5, 0.6) is 5.75 Å². The van der Waals surface area contributed by atoms with Crippen molar-refractivity contribution in [1.82, 2.24) is 5.32 Å². The molecule has 0 heterocycles. The molecule has 0 fully saturated rings. The highest BCUT2D eigenvalue weighted by molar-refractivity contribution is 9.10. The van der Waals surface area contributed by atoms with E-state index in [1.165, 1.54) is 0 Å². The summed E-state index contributed by atoms with van der Waals surface area (Å²) >= 11 is 3.36. The van der Waals surface area contributed by atoms with Crippen molar-refractivity contribution < 1.29 is 9.53 Å². The summed E-state index contributed by atoms with van der Waals surface area (Å²) in [5, 5.41) is 5.48. The fourth-order valence-corrected chi connectivity index (χ4v) is 1.48. The summed E-state index contributed by atoms with van der Waals surface area (Å²) in [7, 11) is 1.59. The van der Waals surface area contributed by atoms with E-state index in [1.54, 1.807) is 13.2 Å². The van der Waals surface area contributed by atoms with E-state index < -0.39 is 0 Å². The fraction of sp³-hybridized carbons (Fsp3) is 0.364. The molecule has 0 aliphatic carbocycles. The number of nitrogens with one attached hydrogen (secondary N) is 2. The van der Waals surface area contributed by atoms with E-state index in [0.717, 1.165) is 10.9 Å². The van der Waals surface area contributed by atoms with Gasteiger partial charge in [-0.1, -0.05) is 6.92 Å². The molecule has 0 unspecified atom stereocenters. The summed E-state index contributed by atoms with van der Waals surface area (Å²) in [5.41, 5.74) is 0.688.